The van der Waals surface area contributed by atoms with Gasteiger partial charge < -0.3 is 23.4 Å². The van der Waals surface area contributed by atoms with Gasteiger partial charge in [-0.2, -0.15) is 0 Å². The third-order valence-corrected chi connectivity index (χ3v) is 9.39. The molecule has 9 aromatic rings. The van der Waals surface area contributed by atoms with Gasteiger partial charge in [-0.1, -0.05) is 66.7 Å². The molecule has 0 spiro atoms. The predicted molar refractivity (Wildman–Crippen MR) is 187 cm³/mol. The van der Waals surface area contributed by atoms with Gasteiger partial charge in [0.15, 0.2) is 0 Å². The van der Waals surface area contributed by atoms with Gasteiger partial charge in [-0.15, -0.1) is 0 Å². The summed E-state index contributed by atoms with van der Waals surface area (Å²) in [6, 6.07) is 45.9. The molecule has 0 bridgehead atoms. The van der Waals surface area contributed by atoms with Crippen molar-refractivity contribution < 1.29 is 4.42 Å². The largest absolute Gasteiger partial charge is 0.456 e. The smallest absolute Gasteiger partial charge is 0.137 e. The summed E-state index contributed by atoms with van der Waals surface area (Å²) in [7, 11) is 2.10. The quantitative estimate of drug-likeness (QED) is 0.208. The summed E-state index contributed by atoms with van der Waals surface area (Å²) in [5.74, 6) is 0. The van der Waals surface area contributed by atoms with Gasteiger partial charge in [0.25, 0.3) is 0 Å². The minimum atomic E-state index is 0.839. The Morgan fingerprint density at radius 2 is 1.16 bits per heavy atom. The van der Waals surface area contributed by atoms with E-state index in [1.54, 1.807) is 0 Å². The number of benzene rings is 6. The summed E-state index contributed by atoms with van der Waals surface area (Å²) in [5, 5.41) is 7.22. The zero-order valence-electron chi connectivity index (χ0n) is 24.7. The van der Waals surface area contributed by atoms with Crippen LogP contribution < -0.4 is 4.90 Å². The molecule has 6 aromatic carbocycles. The Morgan fingerprint density at radius 3 is 2.00 bits per heavy atom. The van der Waals surface area contributed by atoms with Crippen molar-refractivity contribution in [2.24, 2.45) is 0 Å². The molecule has 3 aromatic heterocycles. The molecule has 214 valence electrons. The van der Waals surface area contributed by atoms with E-state index in [1.165, 1.54) is 43.8 Å². The van der Waals surface area contributed by atoms with Crippen molar-refractivity contribution in [3.8, 4) is 11.4 Å². The zero-order chi connectivity index (χ0) is 29.6. The fourth-order valence-electron chi connectivity index (χ4n) is 7.40. The lowest BCUT2D eigenvalue weighted by molar-refractivity contribution is 0.496. The highest BCUT2D eigenvalue weighted by molar-refractivity contribution is 6.24. The number of aromatic nitrogens is 2. The first-order chi connectivity index (χ1) is 22.2. The van der Waals surface area contributed by atoms with Gasteiger partial charge in [0, 0.05) is 63.4 Å². The molecule has 0 N–H and O–H groups in total. The van der Waals surface area contributed by atoms with Crippen LogP contribution in [0.25, 0.3) is 76.9 Å². The van der Waals surface area contributed by atoms with Crippen LogP contribution >= 0.6 is 0 Å². The van der Waals surface area contributed by atoms with Gasteiger partial charge in [0.2, 0.25) is 0 Å². The van der Waals surface area contributed by atoms with Crippen LogP contribution in [-0.4, -0.2) is 27.8 Å². The van der Waals surface area contributed by atoms with E-state index in [4.69, 9.17) is 4.42 Å². The molecule has 0 saturated carbocycles. The lowest BCUT2D eigenvalue weighted by Crippen LogP contribution is -2.21. The highest BCUT2D eigenvalue weighted by Crippen LogP contribution is 2.42. The standard InChI is InChI=1S/C40H28N4O/c1-41-21-22-42(25-41)27-15-17-30-29-11-5-7-13-34(29)43(35(30)23-27)28-16-18-31-32-19-20-38-39(33-12-6-8-14-37(33)45-38)40(32)44(36(31)24-28)26-9-3-2-4-10-26/h2-24H,25H2,1H3. The van der Waals surface area contributed by atoms with Crippen molar-refractivity contribution in [2.75, 3.05) is 18.6 Å². The van der Waals surface area contributed by atoms with E-state index in [0.717, 1.165) is 45.5 Å². The van der Waals surface area contributed by atoms with E-state index in [1.807, 2.05) is 6.07 Å². The molecule has 4 heterocycles. The van der Waals surface area contributed by atoms with Gasteiger partial charge in [0.1, 0.15) is 11.2 Å². The molecule has 0 unspecified atom stereocenters. The molecule has 1 aliphatic rings. The first-order valence-corrected chi connectivity index (χ1v) is 15.4. The Labute approximate surface area is 259 Å². The molecular formula is C40H28N4O. The number of fused-ring (bicyclic) bond motifs is 10. The SMILES string of the molecule is CN1C=CN(c2ccc3c4ccccc4n(-c4ccc5c6ccc7oc8ccccc8c7c6n(-c6ccccc6)c5c4)c3c2)C1. The highest BCUT2D eigenvalue weighted by Gasteiger charge is 2.21. The minimum Gasteiger partial charge on any atom is -0.456 e. The third kappa shape index (κ3) is 3.43. The number of rotatable bonds is 3. The molecule has 0 aliphatic carbocycles. The predicted octanol–water partition coefficient (Wildman–Crippen LogP) is 9.96. The second-order valence-corrected chi connectivity index (χ2v) is 12.0. The van der Waals surface area contributed by atoms with Crippen molar-refractivity contribution in [3.63, 3.8) is 0 Å². The zero-order valence-corrected chi connectivity index (χ0v) is 24.7. The van der Waals surface area contributed by atoms with Crippen LogP contribution in [0.5, 0.6) is 0 Å². The normalized spacial score (nSPS) is 13.6. The van der Waals surface area contributed by atoms with E-state index < -0.39 is 0 Å². The molecule has 0 radical (unpaired) electrons. The summed E-state index contributed by atoms with van der Waals surface area (Å²) in [6.07, 6.45) is 4.27. The maximum Gasteiger partial charge on any atom is 0.137 e. The molecule has 0 saturated heterocycles. The van der Waals surface area contributed by atoms with Crippen molar-refractivity contribution >= 4 is 71.2 Å². The maximum absolute atomic E-state index is 6.36. The summed E-state index contributed by atoms with van der Waals surface area (Å²) in [5.41, 5.74) is 9.98. The lowest BCUT2D eigenvalue weighted by Gasteiger charge is -2.19. The topological polar surface area (TPSA) is 29.5 Å². The van der Waals surface area contributed by atoms with Gasteiger partial charge >= 0.3 is 0 Å². The van der Waals surface area contributed by atoms with Crippen LogP contribution in [0.2, 0.25) is 0 Å². The van der Waals surface area contributed by atoms with Gasteiger partial charge in [-0.25, -0.2) is 0 Å². The third-order valence-electron chi connectivity index (χ3n) is 9.39. The molecule has 10 rings (SSSR count). The van der Waals surface area contributed by atoms with Crippen LogP contribution in [-0.2, 0) is 0 Å². The summed E-state index contributed by atoms with van der Waals surface area (Å²) >= 11 is 0. The number of hydrogen-bond acceptors (Lipinski definition) is 3. The lowest BCUT2D eigenvalue weighted by atomic mass is 10.1. The van der Waals surface area contributed by atoms with Crippen LogP contribution in [0, 0.1) is 0 Å². The van der Waals surface area contributed by atoms with Crippen LogP contribution in [0.1, 0.15) is 0 Å². The summed E-state index contributed by atoms with van der Waals surface area (Å²) in [6.45, 7) is 0.839. The van der Waals surface area contributed by atoms with Crippen molar-refractivity contribution in [1.29, 1.82) is 0 Å². The van der Waals surface area contributed by atoms with Crippen molar-refractivity contribution in [1.82, 2.24) is 14.0 Å². The summed E-state index contributed by atoms with van der Waals surface area (Å²) < 4.78 is 11.2. The maximum atomic E-state index is 6.36. The number of nitrogens with zero attached hydrogens (tertiary/aromatic N) is 4. The molecule has 5 nitrogen and oxygen atoms in total. The Bertz CT molecular complexity index is 2660. The van der Waals surface area contributed by atoms with Crippen LogP contribution in [0.15, 0.2) is 144 Å². The van der Waals surface area contributed by atoms with E-state index in [0.29, 0.717) is 0 Å². The average Bonchev–Trinajstić information content (AvgIpc) is 3.84. The van der Waals surface area contributed by atoms with E-state index >= 15 is 0 Å². The van der Waals surface area contributed by atoms with Gasteiger partial charge in [-0.3, -0.25) is 0 Å². The highest BCUT2D eigenvalue weighted by atomic mass is 16.3. The number of furan rings is 1. The fourth-order valence-corrected chi connectivity index (χ4v) is 7.40. The van der Waals surface area contributed by atoms with Crippen molar-refractivity contribution in [2.45, 2.75) is 0 Å². The minimum absolute atomic E-state index is 0.839. The second-order valence-electron chi connectivity index (χ2n) is 12.0. The van der Waals surface area contributed by atoms with Crippen LogP contribution in [0.4, 0.5) is 5.69 Å². The number of anilines is 1. The molecular weight excluding hydrogens is 552 g/mol. The molecule has 0 amide bonds. The Hall–Kier alpha value is -5.94. The molecule has 45 heavy (non-hydrogen) atoms. The molecule has 0 atom stereocenters. The first kappa shape index (κ1) is 24.5. The first-order valence-electron chi connectivity index (χ1n) is 15.4. The van der Waals surface area contributed by atoms with Gasteiger partial charge in [-0.05, 0) is 60.7 Å². The second kappa shape index (κ2) is 9.04. The number of para-hydroxylation sites is 3. The van der Waals surface area contributed by atoms with Gasteiger partial charge in [0.05, 0.1) is 34.1 Å². The van der Waals surface area contributed by atoms with E-state index in [9.17, 15) is 0 Å². The van der Waals surface area contributed by atoms with Crippen molar-refractivity contribution in [3.05, 3.63) is 140 Å². The Balaban J connectivity index is 1.31. The fraction of sp³-hybridized carbons (Fsp3) is 0.0500. The Morgan fingerprint density at radius 1 is 0.489 bits per heavy atom. The average molecular weight is 581 g/mol. The molecule has 0 fully saturated rings. The Kier molecular flexibility index (Phi) is 4.92. The molecule has 1 aliphatic heterocycles. The number of hydrogen-bond donors (Lipinski definition) is 0. The van der Waals surface area contributed by atoms with E-state index in [2.05, 4.69) is 160 Å². The monoisotopic (exact) mass is 580 g/mol. The van der Waals surface area contributed by atoms with E-state index in [-0.39, 0.29) is 0 Å². The molecule has 5 heteroatoms. The van der Waals surface area contributed by atoms with Crippen LogP contribution in [0.3, 0.4) is 0 Å². The summed E-state index contributed by atoms with van der Waals surface area (Å²) in [4.78, 5) is 4.48.